The van der Waals surface area contributed by atoms with Crippen molar-refractivity contribution in [2.24, 2.45) is 0 Å². The number of alkyl halides is 3. The van der Waals surface area contributed by atoms with E-state index in [0.717, 1.165) is 5.56 Å². The molecule has 4 bridgehead atoms. The maximum atomic E-state index is 12.8. The van der Waals surface area contributed by atoms with Crippen LogP contribution in [0.5, 0.6) is 11.8 Å². The second-order valence-electron chi connectivity index (χ2n) is 8.23. The highest BCUT2D eigenvalue weighted by Crippen LogP contribution is 2.28. The highest BCUT2D eigenvalue weighted by Gasteiger charge is 2.29. The fourth-order valence-electron chi connectivity index (χ4n) is 3.57. The molecule has 1 aliphatic heterocycles. The number of nitrogens with zero attached hydrogens (tertiary/aromatic N) is 3. The molecule has 13 heteroatoms. The zero-order valence-electron chi connectivity index (χ0n) is 20.5. The van der Waals surface area contributed by atoms with E-state index < -0.39 is 30.8 Å². The van der Waals surface area contributed by atoms with Crippen LogP contribution in [0.1, 0.15) is 34.8 Å². The maximum absolute atomic E-state index is 12.8. The number of methoxy groups -OCH3 is 1. The van der Waals surface area contributed by atoms with E-state index in [4.69, 9.17) is 18.9 Å². The van der Waals surface area contributed by atoms with E-state index in [0.29, 0.717) is 31.7 Å². The Hall–Kier alpha value is -4.13. The second kappa shape index (κ2) is 12.4. The van der Waals surface area contributed by atoms with E-state index in [-0.39, 0.29) is 29.8 Å². The summed E-state index contributed by atoms with van der Waals surface area (Å²) in [4.78, 5) is 24.5. The molecule has 0 unspecified atom stereocenters. The number of rotatable bonds is 4. The van der Waals surface area contributed by atoms with E-state index in [2.05, 4.69) is 25.6 Å². The molecule has 0 fully saturated rings. The van der Waals surface area contributed by atoms with Crippen molar-refractivity contribution in [1.82, 2.24) is 15.0 Å². The average molecular weight is 534 g/mol. The summed E-state index contributed by atoms with van der Waals surface area (Å²) in [6.45, 7) is -0.582. The summed E-state index contributed by atoms with van der Waals surface area (Å²) in [5.74, 6) is -0.422. The van der Waals surface area contributed by atoms with Crippen LogP contribution in [-0.4, -0.2) is 60.6 Å². The molecule has 2 heterocycles. The average Bonchev–Trinajstić information content (AvgIpc) is 2.90. The van der Waals surface area contributed by atoms with Crippen molar-refractivity contribution in [3.05, 3.63) is 59.7 Å². The molecule has 0 spiro atoms. The highest BCUT2D eigenvalue weighted by atomic mass is 19.4. The van der Waals surface area contributed by atoms with Gasteiger partial charge in [-0.25, -0.2) is 4.79 Å². The standard InChI is InChI=1S/C25H26F3N5O5/c1-35-21(34)18-10-9-17-13-20(18)37-12-6-5-11-36-14-19(16-7-3-2-4-8-16)30-23-31-22(29-17)32-24(33-23)38-15-25(26,27)28/h2-4,7-10,13,19H,5-6,11-12,14-15H2,1H3,(H2,29,30,31,32,33)/t19-/m1/s1. The minimum atomic E-state index is -4.59. The van der Waals surface area contributed by atoms with E-state index in [9.17, 15) is 18.0 Å². The summed E-state index contributed by atoms with van der Waals surface area (Å²) in [5.41, 5.74) is 1.50. The lowest BCUT2D eigenvalue weighted by molar-refractivity contribution is -0.154. The zero-order valence-corrected chi connectivity index (χ0v) is 20.5. The summed E-state index contributed by atoms with van der Waals surface area (Å²) in [6, 6.07) is 13.1. The van der Waals surface area contributed by atoms with E-state index in [1.165, 1.54) is 13.2 Å². The van der Waals surface area contributed by atoms with Crippen LogP contribution in [0, 0.1) is 0 Å². The topological polar surface area (TPSA) is 117 Å². The number of ether oxygens (including phenoxy) is 4. The molecule has 0 aliphatic carbocycles. The van der Waals surface area contributed by atoms with Crippen molar-refractivity contribution < 1.29 is 36.9 Å². The third-order valence-corrected chi connectivity index (χ3v) is 5.35. The molecular weight excluding hydrogens is 507 g/mol. The van der Waals surface area contributed by atoms with Crippen LogP contribution < -0.4 is 20.1 Å². The van der Waals surface area contributed by atoms with Crippen molar-refractivity contribution in [2.75, 3.05) is 44.2 Å². The molecule has 0 saturated heterocycles. The van der Waals surface area contributed by atoms with Crippen LogP contribution >= 0.6 is 0 Å². The first-order valence-corrected chi connectivity index (χ1v) is 11.8. The summed E-state index contributed by atoms with van der Waals surface area (Å²) in [7, 11) is 1.26. The molecule has 0 radical (unpaired) electrons. The lowest BCUT2D eigenvalue weighted by Gasteiger charge is -2.20. The smallest absolute Gasteiger partial charge is 0.422 e. The first-order valence-electron chi connectivity index (χ1n) is 11.8. The summed E-state index contributed by atoms with van der Waals surface area (Å²) >= 11 is 0. The molecule has 4 rings (SSSR count). The van der Waals surface area contributed by atoms with Gasteiger partial charge in [-0.15, -0.1) is 0 Å². The van der Waals surface area contributed by atoms with Gasteiger partial charge in [0.2, 0.25) is 11.9 Å². The minimum absolute atomic E-state index is 0.0214. The molecule has 3 aromatic rings. The van der Waals surface area contributed by atoms with Gasteiger partial charge in [-0.1, -0.05) is 30.3 Å². The molecule has 2 N–H and O–H groups in total. The Morgan fingerprint density at radius 1 is 1.05 bits per heavy atom. The van der Waals surface area contributed by atoms with E-state index in [1.807, 2.05) is 30.3 Å². The predicted octanol–water partition coefficient (Wildman–Crippen LogP) is 4.69. The summed E-state index contributed by atoms with van der Waals surface area (Å²) in [6.07, 6.45) is -3.22. The number of anilines is 3. The number of carbonyl (C=O) groups is 1. The van der Waals surface area contributed by atoms with Crippen molar-refractivity contribution in [2.45, 2.75) is 25.1 Å². The first-order chi connectivity index (χ1) is 18.3. The van der Waals surface area contributed by atoms with Gasteiger partial charge in [-0.05, 0) is 30.5 Å². The monoisotopic (exact) mass is 533 g/mol. The molecule has 0 saturated carbocycles. The maximum Gasteiger partial charge on any atom is 0.422 e. The Balaban J connectivity index is 1.71. The van der Waals surface area contributed by atoms with Gasteiger partial charge in [0.1, 0.15) is 11.3 Å². The SMILES string of the molecule is COC(=O)c1ccc2cc1OCCCCOC[C@H](c1ccccc1)Nc1nc(nc(OCC(F)(F)F)n1)N2. The fraction of sp³-hybridized carbons (Fsp3) is 0.360. The Kier molecular flexibility index (Phi) is 8.79. The van der Waals surface area contributed by atoms with Crippen LogP contribution in [0.2, 0.25) is 0 Å². The number of hydrogen-bond donors (Lipinski definition) is 2. The van der Waals surface area contributed by atoms with E-state index >= 15 is 0 Å². The number of carbonyl (C=O) groups excluding carboxylic acids is 1. The summed E-state index contributed by atoms with van der Waals surface area (Å²) in [5, 5.41) is 6.03. The van der Waals surface area contributed by atoms with Crippen molar-refractivity contribution in [3.63, 3.8) is 0 Å². The van der Waals surface area contributed by atoms with Gasteiger partial charge in [-0.2, -0.15) is 28.1 Å². The molecule has 2 aromatic carbocycles. The minimum Gasteiger partial charge on any atom is -0.493 e. The normalized spacial score (nSPS) is 16.4. The molecule has 1 aliphatic rings. The molecular formula is C25H26F3N5O5. The van der Waals surface area contributed by atoms with Gasteiger partial charge in [0, 0.05) is 18.4 Å². The van der Waals surface area contributed by atoms with Crippen LogP contribution in [0.15, 0.2) is 48.5 Å². The third-order valence-electron chi connectivity index (χ3n) is 5.35. The van der Waals surface area contributed by atoms with Crippen LogP contribution in [0.3, 0.4) is 0 Å². The number of nitrogens with one attached hydrogen (secondary N) is 2. The van der Waals surface area contributed by atoms with Gasteiger partial charge < -0.3 is 29.6 Å². The second-order valence-corrected chi connectivity index (χ2v) is 8.23. The number of esters is 1. The fourth-order valence-corrected chi connectivity index (χ4v) is 3.57. The highest BCUT2D eigenvalue weighted by molar-refractivity contribution is 5.93. The number of hydrogen-bond acceptors (Lipinski definition) is 10. The third kappa shape index (κ3) is 7.68. The van der Waals surface area contributed by atoms with Crippen molar-refractivity contribution in [3.8, 4) is 11.8 Å². The van der Waals surface area contributed by atoms with Gasteiger partial charge >= 0.3 is 18.2 Å². The first kappa shape index (κ1) is 26.9. The number of benzene rings is 2. The lowest BCUT2D eigenvalue weighted by atomic mass is 10.1. The summed E-state index contributed by atoms with van der Waals surface area (Å²) < 4.78 is 59.8. The Labute approximate surface area is 216 Å². The molecule has 202 valence electrons. The van der Waals surface area contributed by atoms with Crippen molar-refractivity contribution in [1.29, 1.82) is 0 Å². The van der Waals surface area contributed by atoms with Gasteiger partial charge in [0.05, 0.1) is 26.4 Å². The quantitative estimate of drug-likeness (QED) is 0.458. The van der Waals surface area contributed by atoms with Crippen molar-refractivity contribution >= 4 is 23.6 Å². The van der Waals surface area contributed by atoms with Crippen LogP contribution in [-0.2, 0) is 9.47 Å². The Morgan fingerprint density at radius 2 is 1.82 bits per heavy atom. The Bertz CT molecular complexity index is 1230. The van der Waals surface area contributed by atoms with E-state index in [1.54, 1.807) is 12.1 Å². The van der Waals surface area contributed by atoms with Crippen LogP contribution in [0.4, 0.5) is 30.8 Å². The molecule has 1 aromatic heterocycles. The molecule has 0 amide bonds. The number of fused-ring (bicyclic) bond motifs is 4. The zero-order chi connectivity index (χ0) is 27.0. The number of aromatic nitrogens is 3. The van der Waals surface area contributed by atoms with Gasteiger partial charge in [-0.3, -0.25) is 0 Å². The number of halogens is 3. The largest absolute Gasteiger partial charge is 0.493 e. The van der Waals surface area contributed by atoms with Crippen LogP contribution in [0.25, 0.3) is 0 Å². The van der Waals surface area contributed by atoms with Gasteiger partial charge in [0.15, 0.2) is 6.61 Å². The Morgan fingerprint density at radius 3 is 2.58 bits per heavy atom. The predicted molar refractivity (Wildman–Crippen MR) is 131 cm³/mol. The van der Waals surface area contributed by atoms with Gasteiger partial charge in [0.25, 0.3) is 0 Å². The molecule has 1 atom stereocenters. The lowest BCUT2D eigenvalue weighted by Crippen LogP contribution is -2.22. The molecule has 10 nitrogen and oxygen atoms in total. The molecule has 38 heavy (non-hydrogen) atoms.